The number of para-hydroxylation sites is 1. The Morgan fingerprint density at radius 3 is 2.77 bits per heavy atom. The van der Waals surface area contributed by atoms with E-state index in [2.05, 4.69) is 79.7 Å². The summed E-state index contributed by atoms with van der Waals surface area (Å²) in [6, 6.07) is 8.93. The molecule has 1 fully saturated rings. The molecule has 2 heterocycles. The SMILES string of the molecule is CCCCC[N+]1=C(/C=C/C=C2\SCCN2CC)C(C)(C)c2ccccc21. The van der Waals surface area contributed by atoms with E-state index in [1.807, 2.05) is 11.8 Å². The van der Waals surface area contributed by atoms with E-state index < -0.39 is 0 Å². The fourth-order valence-electron chi connectivity index (χ4n) is 4.05. The van der Waals surface area contributed by atoms with Crippen molar-refractivity contribution in [2.75, 3.05) is 25.4 Å². The molecule has 1 aromatic rings. The number of nitrogens with zero attached hydrogens (tertiary/aromatic N) is 2. The van der Waals surface area contributed by atoms with Gasteiger partial charge in [0.1, 0.15) is 6.54 Å². The fourth-order valence-corrected chi connectivity index (χ4v) is 5.15. The third kappa shape index (κ3) is 3.78. The molecular weight excluding hydrogens is 336 g/mol. The topological polar surface area (TPSA) is 6.25 Å². The molecule has 140 valence electrons. The monoisotopic (exact) mass is 369 g/mol. The molecule has 3 rings (SSSR count). The van der Waals surface area contributed by atoms with Gasteiger partial charge in [0.25, 0.3) is 0 Å². The first-order valence-electron chi connectivity index (χ1n) is 10.1. The number of thioether (sulfide) groups is 1. The van der Waals surface area contributed by atoms with E-state index in [1.165, 1.54) is 53.6 Å². The molecule has 2 aliphatic rings. The van der Waals surface area contributed by atoms with Gasteiger partial charge in [-0.25, -0.2) is 0 Å². The molecule has 0 saturated carbocycles. The van der Waals surface area contributed by atoms with Gasteiger partial charge in [0.2, 0.25) is 5.69 Å². The maximum atomic E-state index is 2.55. The highest BCUT2D eigenvalue weighted by molar-refractivity contribution is 8.03. The highest BCUT2D eigenvalue weighted by atomic mass is 32.2. The average Bonchev–Trinajstić information content (AvgIpc) is 3.18. The van der Waals surface area contributed by atoms with Crippen LogP contribution in [0.1, 0.15) is 52.5 Å². The van der Waals surface area contributed by atoms with Crippen LogP contribution in [-0.4, -0.2) is 40.6 Å². The van der Waals surface area contributed by atoms with Crippen LogP contribution in [-0.2, 0) is 5.41 Å². The van der Waals surface area contributed by atoms with Crippen molar-refractivity contribution in [2.45, 2.75) is 52.4 Å². The maximum Gasteiger partial charge on any atom is 0.209 e. The summed E-state index contributed by atoms with van der Waals surface area (Å²) < 4.78 is 2.55. The van der Waals surface area contributed by atoms with Crippen molar-refractivity contribution in [3.63, 3.8) is 0 Å². The molecule has 0 N–H and O–H groups in total. The van der Waals surface area contributed by atoms with E-state index in [1.54, 1.807) is 0 Å². The zero-order valence-corrected chi connectivity index (χ0v) is 17.6. The van der Waals surface area contributed by atoms with Gasteiger partial charge >= 0.3 is 0 Å². The third-order valence-corrected chi connectivity index (χ3v) is 6.66. The standard InChI is InChI=1S/C23H33N2S/c1-5-7-10-16-25-20-13-9-8-12-19(20)23(3,4)21(25)14-11-15-22-24(6-2)17-18-26-22/h8-9,11-15H,5-7,10,16-18H2,1-4H3/q+1. The molecule has 0 atom stereocenters. The Morgan fingerprint density at radius 2 is 2.00 bits per heavy atom. The van der Waals surface area contributed by atoms with Gasteiger partial charge in [-0.1, -0.05) is 37.6 Å². The predicted molar refractivity (Wildman–Crippen MR) is 116 cm³/mol. The second kappa shape index (κ2) is 8.47. The van der Waals surface area contributed by atoms with Crippen LogP contribution in [0, 0.1) is 0 Å². The van der Waals surface area contributed by atoms with E-state index in [0.29, 0.717) is 0 Å². The Labute approximate surface area is 163 Å². The highest BCUT2D eigenvalue weighted by Gasteiger charge is 2.43. The van der Waals surface area contributed by atoms with Crippen molar-refractivity contribution in [3.05, 3.63) is 53.1 Å². The molecule has 2 aliphatic heterocycles. The van der Waals surface area contributed by atoms with Crippen molar-refractivity contribution in [2.24, 2.45) is 0 Å². The Kier molecular flexibility index (Phi) is 6.29. The molecule has 0 radical (unpaired) electrons. The Morgan fingerprint density at radius 1 is 1.19 bits per heavy atom. The van der Waals surface area contributed by atoms with Gasteiger partial charge in [0, 0.05) is 43.0 Å². The van der Waals surface area contributed by atoms with Crippen molar-refractivity contribution in [1.82, 2.24) is 4.90 Å². The molecule has 3 heteroatoms. The lowest BCUT2D eigenvalue weighted by molar-refractivity contribution is -0.438. The fraction of sp³-hybridized carbons (Fsp3) is 0.522. The smallest absolute Gasteiger partial charge is 0.209 e. The molecule has 0 unspecified atom stereocenters. The summed E-state index contributed by atoms with van der Waals surface area (Å²) in [7, 11) is 0. The number of hydrogen-bond acceptors (Lipinski definition) is 2. The van der Waals surface area contributed by atoms with Gasteiger partial charge < -0.3 is 4.90 Å². The van der Waals surface area contributed by atoms with E-state index in [9.17, 15) is 0 Å². The number of hydrogen-bond donors (Lipinski definition) is 0. The molecule has 0 bridgehead atoms. The molecule has 0 spiro atoms. The summed E-state index contributed by atoms with van der Waals surface area (Å²) in [5.74, 6) is 1.21. The summed E-state index contributed by atoms with van der Waals surface area (Å²) in [4.78, 5) is 2.47. The highest BCUT2D eigenvalue weighted by Crippen LogP contribution is 2.40. The summed E-state index contributed by atoms with van der Waals surface area (Å²) in [6.07, 6.45) is 10.7. The van der Waals surface area contributed by atoms with E-state index in [4.69, 9.17) is 0 Å². The van der Waals surface area contributed by atoms with Crippen LogP contribution in [0.5, 0.6) is 0 Å². The van der Waals surface area contributed by atoms with Crippen molar-refractivity contribution in [1.29, 1.82) is 0 Å². The van der Waals surface area contributed by atoms with E-state index >= 15 is 0 Å². The minimum Gasteiger partial charge on any atom is -0.366 e. The molecule has 1 saturated heterocycles. The predicted octanol–water partition coefficient (Wildman–Crippen LogP) is 5.72. The quantitative estimate of drug-likeness (QED) is 0.448. The van der Waals surface area contributed by atoms with Crippen molar-refractivity contribution in [3.8, 4) is 0 Å². The summed E-state index contributed by atoms with van der Waals surface area (Å²) in [6.45, 7) is 12.6. The summed E-state index contributed by atoms with van der Waals surface area (Å²) >= 11 is 1.98. The number of unbranched alkanes of at least 4 members (excludes halogenated alkanes) is 2. The largest absolute Gasteiger partial charge is 0.366 e. The van der Waals surface area contributed by atoms with Gasteiger partial charge in [-0.3, -0.25) is 0 Å². The lowest BCUT2D eigenvalue weighted by Crippen LogP contribution is -2.27. The molecular formula is C23H33N2S+. The van der Waals surface area contributed by atoms with Crippen LogP contribution in [0.3, 0.4) is 0 Å². The second-order valence-corrected chi connectivity index (χ2v) is 8.79. The molecule has 0 aliphatic carbocycles. The molecule has 0 amide bonds. The Bertz CT molecular complexity index is 727. The lowest BCUT2D eigenvalue weighted by atomic mass is 9.81. The van der Waals surface area contributed by atoms with Gasteiger partial charge in [-0.2, -0.15) is 4.58 Å². The van der Waals surface area contributed by atoms with Crippen molar-refractivity contribution >= 4 is 23.2 Å². The average molecular weight is 370 g/mol. The van der Waals surface area contributed by atoms with Crippen LogP contribution < -0.4 is 0 Å². The van der Waals surface area contributed by atoms with Crippen LogP contribution in [0.15, 0.2) is 47.5 Å². The van der Waals surface area contributed by atoms with Crippen LogP contribution in [0.4, 0.5) is 5.69 Å². The van der Waals surface area contributed by atoms with Gasteiger partial charge in [0.05, 0.1) is 10.4 Å². The molecule has 1 aromatic carbocycles. The zero-order valence-electron chi connectivity index (χ0n) is 16.8. The molecule has 2 nitrogen and oxygen atoms in total. The number of rotatable bonds is 7. The minimum absolute atomic E-state index is 0.0606. The van der Waals surface area contributed by atoms with Crippen LogP contribution in [0.2, 0.25) is 0 Å². The zero-order chi connectivity index (χ0) is 18.6. The van der Waals surface area contributed by atoms with Gasteiger partial charge in [-0.05, 0) is 33.3 Å². The maximum absolute atomic E-state index is 2.55. The van der Waals surface area contributed by atoms with Gasteiger partial charge in [0.15, 0.2) is 5.71 Å². The third-order valence-electron chi connectivity index (χ3n) is 5.58. The summed E-state index contributed by atoms with van der Waals surface area (Å²) in [5.41, 5.74) is 4.34. The second-order valence-electron chi connectivity index (χ2n) is 7.68. The Hall–Kier alpha value is -1.48. The number of fused-ring (bicyclic) bond motifs is 1. The number of allylic oxidation sites excluding steroid dienone is 3. The normalized spacial score (nSPS) is 20.6. The molecule has 26 heavy (non-hydrogen) atoms. The number of benzene rings is 1. The Balaban J connectivity index is 1.91. The van der Waals surface area contributed by atoms with Crippen molar-refractivity contribution < 1.29 is 4.58 Å². The van der Waals surface area contributed by atoms with E-state index in [0.717, 1.165) is 13.1 Å². The minimum atomic E-state index is 0.0606. The first kappa shape index (κ1) is 19.3. The van der Waals surface area contributed by atoms with E-state index in [-0.39, 0.29) is 5.41 Å². The van der Waals surface area contributed by atoms with Crippen LogP contribution >= 0.6 is 11.8 Å². The molecule has 0 aromatic heterocycles. The summed E-state index contributed by atoms with van der Waals surface area (Å²) in [5, 5.41) is 1.41. The van der Waals surface area contributed by atoms with Crippen LogP contribution in [0.25, 0.3) is 0 Å². The lowest BCUT2D eigenvalue weighted by Gasteiger charge is -2.16. The first-order valence-corrected chi connectivity index (χ1v) is 11.1. The van der Waals surface area contributed by atoms with Gasteiger partial charge in [-0.15, -0.1) is 11.8 Å². The first-order chi connectivity index (χ1) is 12.6.